The molecule has 0 aromatic rings. The highest BCUT2D eigenvalue weighted by atomic mass is 19.4. The fourth-order valence-corrected chi connectivity index (χ4v) is 1.97. The van der Waals surface area contributed by atoms with Gasteiger partial charge in [0, 0.05) is 12.5 Å². The van der Waals surface area contributed by atoms with E-state index in [0.717, 1.165) is 7.11 Å². The van der Waals surface area contributed by atoms with Crippen molar-refractivity contribution in [1.29, 1.82) is 0 Å². The van der Waals surface area contributed by atoms with Crippen LogP contribution in [0.4, 0.5) is 13.2 Å². The van der Waals surface area contributed by atoms with E-state index in [4.69, 9.17) is 0 Å². The maximum Gasteiger partial charge on any atom is 0.406 e. The third-order valence-corrected chi connectivity index (χ3v) is 3.41. The minimum Gasteiger partial charge on any atom is -0.469 e. The zero-order valence-electron chi connectivity index (χ0n) is 11.5. The van der Waals surface area contributed by atoms with Crippen LogP contribution in [-0.2, 0) is 14.3 Å². The number of carbonyl (C=O) groups excluding carboxylic acids is 2. The molecule has 0 aromatic heterocycles. The van der Waals surface area contributed by atoms with Gasteiger partial charge in [-0.25, -0.2) is 0 Å². The van der Waals surface area contributed by atoms with E-state index < -0.39 is 30.5 Å². The number of hydrogen-bond donors (Lipinski definition) is 1. The number of hydrogen-bond acceptors (Lipinski definition) is 4. The highest BCUT2D eigenvalue weighted by molar-refractivity contribution is 5.79. The Morgan fingerprint density at radius 3 is 2.40 bits per heavy atom. The molecule has 1 aliphatic heterocycles. The third kappa shape index (κ3) is 4.99. The van der Waals surface area contributed by atoms with Gasteiger partial charge in [-0.3, -0.25) is 9.59 Å². The Balaban J connectivity index is 2.64. The van der Waals surface area contributed by atoms with E-state index in [9.17, 15) is 22.8 Å². The summed E-state index contributed by atoms with van der Waals surface area (Å²) < 4.78 is 41.9. The smallest absolute Gasteiger partial charge is 0.406 e. The fourth-order valence-electron chi connectivity index (χ4n) is 1.97. The number of ether oxygens (including phenoxy) is 1. The molecular formula is C12H19F3N2O3. The van der Waals surface area contributed by atoms with Crippen LogP contribution in [-0.4, -0.2) is 56.2 Å². The van der Waals surface area contributed by atoms with Gasteiger partial charge in [0.25, 0.3) is 0 Å². The Hall–Kier alpha value is -1.31. The molecule has 1 rings (SSSR count). The lowest BCUT2D eigenvalue weighted by molar-refractivity contribution is -0.166. The number of rotatable bonds is 6. The first-order valence-electron chi connectivity index (χ1n) is 6.37. The highest BCUT2D eigenvalue weighted by Crippen LogP contribution is 2.22. The molecule has 1 unspecified atom stereocenters. The molecule has 116 valence electrons. The predicted molar refractivity (Wildman–Crippen MR) is 64.8 cm³/mol. The predicted octanol–water partition coefficient (Wildman–Crippen LogP) is 0.796. The molecule has 0 bridgehead atoms. The lowest BCUT2D eigenvalue weighted by Crippen LogP contribution is -2.52. The summed E-state index contributed by atoms with van der Waals surface area (Å²) in [5.74, 6) is -1.65. The van der Waals surface area contributed by atoms with Gasteiger partial charge in [0.1, 0.15) is 6.54 Å². The first-order chi connectivity index (χ1) is 9.24. The number of alkyl halides is 3. The Morgan fingerprint density at radius 2 is 2.00 bits per heavy atom. The third-order valence-electron chi connectivity index (χ3n) is 3.41. The Kier molecular flexibility index (Phi) is 5.79. The average molecular weight is 296 g/mol. The van der Waals surface area contributed by atoms with E-state index in [2.05, 4.69) is 10.1 Å². The first kappa shape index (κ1) is 16.7. The molecule has 1 amide bonds. The van der Waals surface area contributed by atoms with E-state index >= 15 is 0 Å². The molecule has 0 saturated carbocycles. The minimum absolute atomic E-state index is 0.0522. The highest BCUT2D eigenvalue weighted by Gasteiger charge is 2.37. The van der Waals surface area contributed by atoms with Gasteiger partial charge in [0.2, 0.25) is 5.91 Å². The summed E-state index contributed by atoms with van der Waals surface area (Å²) in [5, 5.41) is 2.98. The van der Waals surface area contributed by atoms with Crippen molar-refractivity contribution in [3.05, 3.63) is 0 Å². The second kappa shape index (κ2) is 6.92. The summed E-state index contributed by atoms with van der Waals surface area (Å²) >= 11 is 0. The van der Waals surface area contributed by atoms with Gasteiger partial charge >= 0.3 is 12.1 Å². The SMILES string of the molecule is COC(=O)CCN(CC(F)(F)F)C(=O)C(C)C1CNC1. The number of nitrogens with zero attached hydrogens (tertiary/aromatic N) is 1. The summed E-state index contributed by atoms with van der Waals surface area (Å²) in [6.07, 6.45) is -4.72. The summed E-state index contributed by atoms with van der Waals surface area (Å²) in [4.78, 5) is 23.8. The Morgan fingerprint density at radius 1 is 1.40 bits per heavy atom. The van der Waals surface area contributed by atoms with Crippen molar-refractivity contribution in [1.82, 2.24) is 10.2 Å². The van der Waals surface area contributed by atoms with Gasteiger partial charge < -0.3 is 15.0 Å². The molecular weight excluding hydrogens is 277 g/mol. The van der Waals surface area contributed by atoms with Crippen LogP contribution in [0.25, 0.3) is 0 Å². The fraction of sp³-hybridized carbons (Fsp3) is 0.833. The maximum atomic E-state index is 12.5. The molecule has 1 aliphatic rings. The van der Waals surface area contributed by atoms with Crippen molar-refractivity contribution in [2.75, 3.05) is 33.3 Å². The molecule has 5 nitrogen and oxygen atoms in total. The normalized spacial score (nSPS) is 17.2. The first-order valence-corrected chi connectivity index (χ1v) is 6.37. The number of amides is 1. The zero-order chi connectivity index (χ0) is 15.3. The van der Waals surface area contributed by atoms with Crippen molar-refractivity contribution in [2.24, 2.45) is 11.8 Å². The zero-order valence-corrected chi connectivity index (χ0v) is 11.5. The van der Waals surface area contributed by atoms with E-state index in [1.54, 1.807) is 6.92 Å². The average Bonchev–Trinajstić information content (AvgIpc) is 2.29. The van der Waals surface area contributed by atoms with Crippen LogP contribution in [0.5, 0.6) is 0 Å². The number of nitrogens with one attached hydrogen (secondary N) is 1. The van der Waals surface area contributed by atoms with E-state index in [1.807, 2.05) is 0 Å². The lowest BCUT2D eigenvalue weighted by atomic mass is 9.88. The lowest BCUT2D eigenvalue weighted by Gasteiger charge is -2.35. The molecule has 1 fully saturated rings. The molecule has 1 heterocycles. The molecule has 1 atom stereocenters. The van der Waals surface area contributed by atoms with Gasteiger partial charge in [-0.1, -0.05) is 6.92 Å². The van der Waals surface area contributed by atoms with E-state index in [1.165, 1.54) is 0 Å². The van der Waals surface area contributed by atoms with E-state index in [-0.39, 0.29) is 18.9 Å². The van der Waals surface area contributed by atoms with Crippen molar-refractivity contribution in [2.45, 2.75) is 19.5 Å². The van der Waals surface area contributed by atoms with Gasteiger partial charge in [-0.05, 0) is 19.0 Å². The van der Waals surface area contributed by atoms with Crippen LogP contribution < -0.4 is 5.32 Å². The molecule has 8 heteroatoms. The van der Waals surface area contributed by atoms with Crippen LogP contribution >= 0.6 is 0 Å². The molecule has 0 aliphatic carbocycles. The molecule has 0 aromatic carbocycles. The number of halogens is 3. The van der Waals surface area contributed by atoms with Crippen LogP contribution in [0.15, 0.2) is 0 Å². The second-order valence-corrected chi connectivity index (χ2v) is 4.91. The van der Waals surface area contributed by atoms with Crippen LogP contribution in [0, 0.1) is 11.8 Å². The van der Waals surface area contributed by atoms with Crippen LogP contribution in [0.2, 0.25) is 0 Å². The monoisotopic (exact) mass is 296 g/mol. The summed E-state index contributed by atoms with van der Waals surface area (Å²) in [6.45, 7) is 1.26. The van der Waals surface area contributed by atoms with Gasteiger partial charge in [0.15, 0.2) is 0 Å². The van der Waals surface area contributed by atoms with Crippen LogP contribution in [0.1, 0.15) is 13.3 Å². The molecule has 20 heavy (non-hydrogen) atoms. The van der Waals surface area contributed by atoms with Gasteiger partial charge in [-0.15, -0.1) is 0 Å². The maximum absolute atomic E-state index is 12.5. The van der Waals surface area contributed by atoms with Gasteiger partial charge in [0.05, 0.1) is 13.5 Å². The van der Waals surface area contributed by atoms with Crippen molar-refractivity contribution in [3.63, 3.8) is 0 Å². The van der Waals surface area contributed by atoms with Crippen molar-refractivity contribution >= 4 is 11.9 Å². The largest absolute Gasteiger partial charge is 0.469 e. The molecule has 1 N–H and O–H groups in total. The van der Waals surface area contributed by atoms with Gasteiger partial charge in [-0.2, -0.15) is 13.2 Å². The van der Waals surface area contributed by atoms with Crippen LogP contribution in [0.3, 0.4) is 0 Å². The molecule has 0 radical (unpaired) electrons. The summed E-state index contributed by atoms with van der Waals surface area (Å²) in [6, 6.07) is 0. The Bertz CT molecular complexity index is 356. The summed E-state index contributed by atoms with van der Waals surface area (Å²) in [7, 11) is 1.15. The quantitative estimate of drug-likeness (QED) is 0.737. The van der Waals surface area contributed by atoms with Crippen molar-refractivity contribution < 1.29 is 27.5 Å². The minimum atomic E-state index is -4.48. The Labute approximate surface area is 115 Å². The topological polar surface area (TPSA) is 58.6 Å². The molecule has 0 spiro atoms. The molecule has 1 saturated heterocycles. The summed E-state index contributed by atoms with van der Waals surface area (Å²) in [5.41, 5.74) is 0. The standard InChI is InChI=1S/C12H19F3N2O3/c1-8(9-5-16-6-9)11(19)17(7-12(13,14)15)4-3-10(18)20-2/h8-9,16H,3-7H2,1-2H3. The number of esters is 1. The van der Waals surface area contributed by atoms with E-state index in [0.29, 0.717) is 18.0 Å². The number of methoxy groups -OCH3 is 1. The second-order valence-electron chi connectivity index (χ2n) is 4.91. The van der Waals surface area contributed by atoms with Crippen molar-refractivity contribution in [3.8, 4) is 0 Å². The number of carbonyl (C=O) groups is 2.